The van der Waals surface area contributed by atoms with Crippen molar-refractivity contribution < 1.29 is 4.79 Å². The van der Waals surface area contributed by atoms with Gasteiger partial charge in [0, 0.05) is 34.6 Å². The summed E-state index contributed by atoms with van der Waals surface area (Å²) < 4.78 is 0. The zero-order chi connectivity index (χ0) is 13.7. The van der Waals surface area contributed by atoms with Crippen molar-refractivity contribution in [3.63, 3.8) is 0 Å². The molecule has 0 radical (unpaired) electrons. The molecule has 2 aromatic rings. The van der Waals surface area contributed by atoms with E-state index in [4.69, 9.17) is 0 Å². The molecule has 19 heavy (non-hydrogen) atoms. The van der Waals surface area contributed by atoms with Crippen molar-refractivity contribution in [1.29, 1.82) is 0 Å². The van der Waals surface area contributed by atoms with Crippen LogP contribution in [0.3, 0.4) is 0 Å². The van der Waals surface area contributed by atoms with Gasteiger partial charge in [-0.1, -0.05) is 6.92 Å². The van der Waals surface area contributed by atoms with Crippen LogP contribution >= 0.6 is 11.3 Å². The minimum absolute atomic E-state index is 0.0580. The van der Waals surface area contributed by atoms with Crippen LogP contribution in [0.5, 0.6) is 0 Å². The molecule has 3 nitrogen and oxygen atoms in total. The van der Waals surface area contributed by atoms with Gasteiger partial charge < -0.3 is 10.6 Å². The first-order valence-corrected chi connectivity index (χ1v) is 7.18. The fourth-order valence-corrected chi connectivity index (χ4v) is 2.68. The molecule has 100 valence electrons. The van der Waals surface area contributed by atoms with Crippen LogP contribution < -0.4 is 10.6 Å². The molecular weight excluding hydrogens is 256 g/mol. The Morgan fingerprint density at radius 1 is 1.11 bits per heavy atom. The summed E-state index contributed by atoms with van der Waals surface area (Å²) in [5, 5.41) is 5.97. The van der Waals surface area contributed by atoms with Crippen molar-refractivity contribution in [3.05, 3.63) is 51.7 Å². The Morgan fingerprint density at radius 3 is 2.37 bits per heavy atom. The van der Waals surface area contributed by atoms with Crippen LogP contribution in [0.1, 0.15) is 27.0 Å². The van der Waals surface area contributed by atoms with Crippen LogP contribution in [-0.2, 0) is 13.0 Å². The number of rotatable bonds is 5. The molecule has 0 saturated carbocycles. The maximum atomic E-state index is 11.4. The molecule has 0 bridgehead atoms. The number of hydrogen-bond donors (Lipinski definition) is 2. The number of aryl methyl sites for hydroxylation is 1. The van der Waals surface area contributed by atoms with Gasteiger partial charge in [0.1, 0.15) is 0 Å². The molecule has 2 N–H and O–H groups in total. The Hall–Kier alpha value is -1.81. The first kappa shape index (κ1) is 13.6. The van der Waals surface area contributed by atoms with E-state index in [0.29, 0.717) is 5.56 Å². The van der Waals surface area contributed by atoms with Gasteiger partial charge in [0.25, 0.3) is 5.91 Å². The summed E-state index contributed by atoms with van der Waals surface area (Å²) in [5.41, 5.74) is 1.71. The highest BCUT2D eigenvalue weighted by atomic mass is 32.1. The molecule has 0 aliphatic heterocycles. The van der Waals surface area contributed by atoms with E-state index in [9.17, 15) is 4.79 Å². The van der Waals surface area contributed by atoms with Crippen LogP contribution in [0.4, 0.5) is 5.69 Å². The van der Waals surface area contributed by atoms with E-state index in [1.807, 2.05) is 35.6 Å². The summed E-state index contributed by atoms with van der Waals surface area (Å²) in [6.45, 7) is 2.99. The number of hydrogen-bond acceptors (Lipinski definition) is 3. The molecule has 2 rings (SSSR count). The van der Waals surface area contributed by atoms with Gasteiger partial charge in [0.2, 0.25) is 0 Å². The number of nitrogens with one attached hydrogen (secondary N) is 2. The van der Waals surface area contributed by atoms with E-state index in [1.54, 1.807) is 7.05 Å². The number of anilines is 1. The van der Waals surface area contributed by atoms with Crippen molar-refractivity contribution >= 4 is 22.9 Å². The quantitative estimate of drug-likeness (QED) is 0.878. The smallest absolute Gasteiger partial charge is 0.251 e. The monoisotopic (exact) mass is 274 g/mol. The van der Waals surface area contributed by atoms with Crippen molar-refractivity contribution in [2.24, 2.45) is 0 Å². The standard InChI is InChI=1S/C15H18N2OS/c1-3-13-8-9-14(19-13)10-17-12-6-4-11(5-7-12)15(18)16-2/h4-9,17H,3,10H2,1-2H3,(H,16,18). The Kier molecular flexibility index (Phi) is 4.58. The van der Waals surface area contributed by atoms with Gasteiger partial charge in [-0.25, -0.2) is 0 Å². The normalized spacial score (nSPS) is 10.2. The Balaban J connectivity index is 1.94. The van der Waals surface area contributed by atoms with E-state index in [0.717, 1.165) is 18.7 Å². The summed E-state index contributed by atoms with van der Waals surface area (Å²) in [5.74, 6) is -0.0580. The maximum absolute atomic E-state index is 11.4. The Bertz CT molecular complexity index is 546. The number of carbonyl (C=O) groups is 1. The molecule has 1 aromatic carbocycles. The summed E-state index contributed by atoms with van der Waals surface area (Å²) in [6, 6.07) is 11.9. The third kappa shape index (κ3) is 3.58. The lowest BCUT2D eigenvalue weighted by Gasteiger charge is -2.06. The van der Waals surface area contributed by atoms with Crippen LogP contribution in [0, 0.1) is 0 Å². The molecule has 1 aromatic heterocycles. The fraction of sp³-hybridized carbons (Fsp3) is 0.267. The van der Waals surface area contributed by atoms with Gasteiger partial charge in [-0.3, -0.25) is 4.79 Å². The van der Waals surface area contributed by atoms with Gasteiger partial charge in [0.15, 0.2) is 0 Å². The molecule has 1 amide bonds. The summed E-state index contributed by atoms with van der Waals surface area (Å²) in [6.07, 6.45) is 1.09. The minimum atomic E-state index is -0.0580. The number of amides is 1. The van der Waals surface area contributed by atoms with Gasteiger partial charge >= 0.3 is 0 Å². The van der Waals surface area contributed by atoms with Crippen molar-refractivity contribution in [2.75, 3.05) is 12.4 Å². The lowest BCUT2D eigenvalue weighted by atomic mass is 10.2. The molecule has 0 unspecified atom stereocenters. The second kappa shape index (κ2) is 6.38. The Labute approximate surface area is 117 Å². The predicted octanol–water partition coefficient (Wildman–Crippen LogP) is 3.28. The number of benzene rings is 1. The first-order chi connectivity index (χ1) is 9.22. The number of thiophene rings is 1. The SMILES string of the molecule is CCc1ccc(CNc2ccc(C(=O)NC)cc2)s1. The molecule has 1 heterocycles. The third-order valence-corrected chi connectivity index (χ3v) is 4.14. The van der Waals surface area contributed by atoms with Gasteiger partial charge in [-0.05, 0) is 42.8 Å². The molecule has 0 aliphatic rings. The highest BCUT2D eigenvalue weighted by molar-refractivity contribution is 7.12. The Morgan fingerprint density at radius 2 is 1.79 bits per heavy atom. The molecule has 4 heteroatoms. The zero-order valence-corrected chi connectivity index (χ0v) is 12.0. The predicted molar refractivity (Wildman–Crippen MR) is 80.9 cm³/mol. The van der Waals surface area contributed by atoms with Crippen molar-refractivity contribution in [2.45, 2.75) is 19.9 Å². The van der Waals surface area contributed by atoms with Crippen molar-refractivity contribution in [1.82, 2.24) is 5.32 Å². The van der Waals surface area contributed by atoms with Crippen molar-refractivity contribution in [3.8, 4) is 0 Å². The first-order valence-electron chi connectivity index (χ1n) is 6.36. The maximum Gasteiger partial charge on any atom is 0.251 e. The van der Waals surface area contributed by atoms with Gasteiger partial charge in [0.05, 0.1) is 0 Å². The minimum Gasteiger partial charge on any atom is -0.380 e. The van der Waals surface area contributed by atoms with Crippen LogP contribution in [-0.4, -0.2) is 13.0 Å². The lowest BCUT2D eigenvalue weighted by Crippen LogP contribution is -2.17. The summed E-state index contributed by atoms with van der Waals surface area (Å²) in [7, 11) is 1.64. The molecular formula is C15H18N2OS. The average Bonchev–Trinajstić information content (AvgIpc) is 2.93. The van der Waals surface area contributed by atoms with Gasteiger partial charge in [-0.2, -0.15) is 0 Å². The molecule has 0 fully saturated rings. The van der Waals surface area contributed by atoms with Crippen LogP contribution in [0.25, 0.3) is 0 Å². The lowest BCUT2D eigenvalue weighted by molar-refractivity contribution is 0.0963. The van der Waals surface area contributed by atoms with Crippen LogP contribution in [0.15, 0.2) is 36.4 Å². The van der Waals surface area contributed by atoms with E-state index in [-0.39, 0.29) is 5.91 Å². The zero-order valence-electron chi connectivity index (χ0n) is 11.2. The second-order valence-corrected chi connectivity index (χ2v) is 5.48. The van der Waals surface area contributed by atoms with Gasteiger partial charge in [-0.15, -0.1) is 11.3 Å². The van der Waals surface area contributed by atoms with E-state index in [2.05, 4.69) is 29.7 Å². The average molecular weight is 274 g/mol. The van der Waals surface area contributed by atoms with E-state index in [1.165, 1.54) is 9.75 Å². The van der Waals surface area contributed by atoms with E-state index < -0.39 is 0 Å². The summed E-state index contributed by atoms with van der Waals surface area (Å²) in [4.78, 5) is 14.1. The largest absolute Gasteiger partial charge is 0.380 e. The molecule has 0 aliphatic carbocycles. The highest BCUT2D eigenvalue weighted by Gasteiger charge is 2.02. The molecule has 0 saturated heterocycles. The highest BCUT2D eigenvalue weighted by Crippen LogP contribution is 2.18. The topological polar surface area (TPSA) is 41.1 Å². The van der Waals surface area contributed by atoms with E-state index >= 15 is 0 Å². The second-order valence-electron chi connectivity index (χ2n) is 4.23. The fourth-order valence-electron chi connectivity index (χ4n) is 1.78. The molecule has 0 atom stereocenters. The van der Waals surface area contributed by atoms with Crippen LogP contribution in [0.2, 0.25) is 0 Å². The molecule has 0 spiro atoms. The number of carbonyl (C=O) groups excluding carboxylic acids is 1. The third-order valence-electron chi connectivity index (χ3n) is 2.91. The summed E-state index contributed by atoms with van der Waals surface area (Å²) >= 11 is 1.84.